The van der Waals surface area contributed by atoms with Gasteiger partial charge in [-0.2, -0.15) is 18.3 Å². The van der Waals surface area contributed by atoms with Crippen LogP contribution in [0.25, 0.3) is 22.0 Å². The van der Waals surface area contributed by atoms with Gasteiger partial charge in [-0.15, -0.1) is 0 Å². The molecule has 1 fully saturated rings. The molecule has 1 amide bonds. The summed E-state index contributed by atoms with van der Waals surface area (Å²) in [5, 5.41) is 8.81. The first-order chi connectivity index (χ1) is 13.4. The van der Waals surface area contributed by atoms with Crippen molar-refractivity contribution < 1.29 is 18.0 Å². The lowest BCUT2D eigenvalue weighted by Gasteiger charge is -2.13. The molecule has 1 aliphatic heterocycles. The molecule has 1 aromatic carbocycles. The van der Waals surface area contributed by atoms with Crippen LogP contribution in [0.3, 0.4) is 0 Å². The Hall–Kier alpha value is -3.01. The van der Waals surface area contributed by atoms with Crippen molar-refractivity contribution in [3.63, 3.8) is 0 Å². The van der Waals surface area contributed by atoms with Crippen molar-refractivity contribution in [3.05, 3.63) is 36.3 Å². The maximum absolute atomic E-state index is 13.1. The van der Waals surface area contributed by atoms with E-state index in [4.69, 9.17) is 0 Å². The third-order valence-electron chi connectivity index (χ3n) is 4.63. The first-order valence-electron chi connectivity index (χ1n) is 8.80. The second kappa shape index (κ2) is 7.19. The Labute approximate surface area is 158 Å². The number of fused-ring (bicyclic) bond motifs is 1. The number of hydrogen-bond donors (Lipinski definition) is 2. The third-order valence-corrected chi connectivity index (χ3v) is 4.63. The van der Waals surface area contributed by atoms with Crippen LogP contribution in [0.5, 0.6) is 0 Å². The number of carbonyl (C=O) groups is 1. The largest absolute Gasteiger partial charge is 0.433 e. The van der Waals surface area contributed by atoms with Crippen LogP contribution in [-0.2, 0) is 11.0 Å². The van der Waals surface area contributed by atoms with Crippen molar-refractivity contribution in [3.8, 4) is 11.1 Å². The minimum absolute atomic E-state index is 0.0624. The lowest BCUT2D eigenvalue weighted by Crippen LogP contribution is -2.31. The van der Waals surface area contributed by atoms with Crippen LogP contribution < -0.4 is 5.32 Å². The molecule has 0 radical (unpaired) electrons. The number of amides is 1. The quantitative estimate of drug-likeness (QED) is 0.715. The van der Waals surface area contributed by atoms with Crippen molar-refractivity contribution in [2.24, 2.45) is 0 Å². The fraction of sp³-hybridized carbons (Fsp3) is 0.333. The van der Waals surface area contributed by atoms with E-state index in [-0.39, 0.29) is 24.0 Å². The Morgan fingerprint density at radius 2 is 2.00 bits per heavy atom. The molecule has 10 heteroatoms. The van der Waals surface area contributed by atoms with E-state index in [2.05, 4.69) is 20.4 Å². The number of likely N-dealkylation sites (tertiary alicyclic amines) is 1. The first kappa shape index (κ1) is 18.4. The molecule has 0 bridgehead atoms. The Kier molecular flexibility index (Phi) is 4.71. The van der Waals surface area contributed by atoms with Gasteiger partial charge >= 0.3 is 6.18 Å². The average molecular weight is 390 g/mol. The standard InChI is InChI=1S/C18H17F3N6O/c19-18(20,21)16-13(9-23-26-16)11-3-4-12-8-22-17(24-14(12)7-11)25-15(28)10-27-5-1-2-6-27/h3-4,7-9H,1-2,5-6,10H2,(H,23,26)(H,22,24,25,28). The number of alkyl halides is 3. The molecule has 4 rings (SSSR count). The number of benzene rings is 1. The van der Waals surface area contributed by atoms with Gasteiger partial charge in [-0.25, -0.2) is 9.97 Å². The number of anilines is 1. The molecule has 28 heavy (non-hydrogen) atoms. The summed E-state index contributed by atoms with van der Waals surface area (Å²) in [6.45, 7) is 2.05. The summed E-state index contributed by atoms with van der Waals surface area (Å²) in [4.78, 5) is 22.6. The van der Waals surface area contributed by atoms with Crippen LogP contribution in [0.2, 0.25) is 0 Å². The zero-order chi connectivity index (χ0) is 19.7. The molecule has 0 atom stereocenters. The predicted octanol–water partition coefficient (Wildman–Crippen LogP) is 3.07. The molecule has 0 unspecified atom stereocenters. The van der Waals surface area contributed by atoms with Gasteiger partial charge in [-0.05, 0) is 37.6 Å². The first-order valence-corrected chi connectivity index (χ1v) is 8.80. The lowest BCUT2D eigenvalue weighted by atomic mass is 10.0. The predicted molar refractivity (Wildman–Crippen MR) is 96.4 cm³/mol. The number of hydrogen-bond acceptors (Lipinski definition) is 5. The fourth-order valence-electron chi connectivity index (χ4n) is 3.28. The van der Waals surface area contributed by atoms with E-state index in [9.17, 15) is 18.0 Å². The number of nitrogens with zero attached hydrogens (tertiary/aromatic N) is 4. The molecule has 3 aromatic rings. The maximum Gasteiger partial charge on any atom is 0.433 e. The summed E-state index contributed by atoms with van der Waals surface area (Å²) < 4.78 is 39.3. The van der Waals surface area contributed by atoms with Gasteiger partial charge < -0.3 is 0 Å². The zero-order valence-electron chi connectivity index (χ0n) is 14.8. The molecule has 146 valence electrons. The van der Waals surface area contributed by atoms with Gasteiger partial charge in [-0.3, -0.25) is 20.1 Å². The Balaban J connectivity index is 1.59. The molecule has 1 saturated heterocycles. The van der Waals surface area contributed by atoms with E-state index < -0.39 is 11.9 Å². The lowest BCUT2D eigenvalue weighted by molar-refractivity contribution is -0.140. The van der Waals surface area contributed by atoms with Crippen molar-refractivity contribution in [1.29, 1.82) is 0 Å². The fourth-order valence-corrected chi connectivity index (χ4v) is 3.28. The molecule has 2 aromatic heterocycles. The minimum Gasteiger partial charge on any atom is -0.295 e. The molecule has 0 spiro atoms. The van der Waals surface area contributed by atoms with Crippen molar-refractivity contribution in [2.75, 3.05) is 25.0 Å². The molecule has 0 aliphatic carbocycles. The summed E-state index contributed by atoms with van der Waals surface area (Å²) in [6.07, 6.45) is 0.273. The number of carbonyl (C=O) groups excluding carboxylic acids is 1. The van der Waals surface area contributed by atoms with Gasteiger partial charge in [0.2, 0.25) is 11.9 Å². The summed E-state index contributed by atoms with van der Waals surface area (Å²) in [5.74, 6) is -0.0938. The summed E-state index contributed by atoms with van der Waals surface area (Å²) in [5.41, 5.74) is -0.229. The van der Waals surface area contributed by atoms with E-state index in [0.29, 0.717) is 16.5 Å². The van der Waals surface area contributed by atoms with Crippen LogP contribution in [-0.4, -0.2) is 50.6 Å². The second-order valence-electron chi connectivity index (χ2n) is 6.66. The number of aromatic amines is 1. The molecule has 2 N–H and O–H groups in total. The Bertz CT molecular complexity index is 1010. The number of H-pyrrole nitrogens is 1. The van der Waals surface area contributed by atoms with Crippen LogP contribution in [0.15, 0.2) is 30.6 Å². The molecular formula is C18H17F3N6O. The van der Waals surface area contributed by atoms with Gasteiger partial charge in [0, 0.05) is 17.1 Å². The number of nitrogens with one attached hydrogen (secondary N) is 2. The van der Waals surface area contributed by atoms with Crippen LogP contribution in [0, 0.1) is 0 Å². The SMILES string of the molecule is O=C(CN1CCCC1)Nc1ncc2ccc(-c3cn[nH]c3C(F)(F)F)cc2n1. The average Bonchev–Trinajstić information content (AvgIpc) is 3.32. The van der Waals surface area contributed by atoms with Gasteiger partial charge in [0.05, 0.1) is 18.3 Å². The number of halogens is 3. The summed E-state index contributed by atoms with van der Waals surface area (Å²) >= 11 is 0. The Morgan fingerprint density at radius 3 is 2.75 bits per heavy atom. The van der Waals surface area contributed by atoms with E-state index in [1.807, 2.05) is 10.00 Å². The van der Waals surface area contributed by atoms with Gasteiger partial charge in [0.25, 0.3) is 0 Å². The molecule has 3 heterocycles. The molecule has 0 saturated carbocycles. The van der Waals surface area contributed by atoms with Crippen molar-refractivity contribution >= 4 is 22.8 Å². The maximum atomic E-state index is 13.1. The van der Waals surface area contributed by atoms with Crippen molar-refractivity contribution in [1.82, 2.24) is 25.1 Å². The summed E-state index contributed by atoms with van der Waals surface area (Å²) in [7, 11) is 0. The smallest absolute Gasteiger partial charge is 0.295 e. The van der Waals surface area contributed by atoms with Crippen LogP contribution >= 0.6 is 0 Å². The van der Waals surface area contributed by atoms with Gasteiger partial charge in [0.15, 0.2) is 0 Å². The number of rotatable bonds is 4. The topological polar surface area (TPSA) is 86.8 Å². The highest BCUT2D eigenvalue weighted by Gasteiger charge is 2.35. The normalized spacial score (nSPS) is 15.2. The van der Waals surface area contributed by atoms with E-state index in [1.54, 1.807) is 12.1 Å². The highest BCUT2D eigenvalue weighted by atomic mass is 19.4. The monoisotopic (exact) mass is 390 g/mol. The molecule has 7 nitrogen and oxygen atoms in total. The Morgan fingerprint density at radius 1 is 1.21 bits per heavy atom. The zero-order valence-corrected chi connectivity index (χ0v) is 14.8. The van der Waals surface area contributed by atoms with Crippen LogP contribution in [0.4, 0.5) is 19.1 Å². The minimum atomic E-state index is -4.54. The molecular weight excluding hydrogens is 373 g/mol. The van der Waals surface area contributed by atoms with Gasteiger partial charge in [-0.1, -0.05) is 12.1 Å². The number of aromatic nitrogens is 4. The van der Waals surface area contributed by atoms with Crippen LogP contribution in [0.1, 0.15) is 18.5 Å². The highest BCUT2D eigenvalue weighted by molar-refractivity contribution is 5.92. The van der Waals surface area contributed by atoms with E-state index >= 15 is 0 Å². The second-order valence-corrected chi connectivity index (χ2v) is 6.66. The van der Waals surface area contributed by atoms with Crippen molar-refractivity contribution in [2.45, 2.75) is 19.0 Å². The van der Waals surface area contributed by atoms with E-state index in [0.717, 1.165) is 32.1 Å². The molecule has 1 aliphatic rings. The van der Waals surface area contributed by atoms with Gasteiger partial charge in [0.1, 0.15) is 5.69 Å². The summed E-state index contributed by atoms with van der Waals surface area (Å²) in [6, 6.07) is 4.71. The third kappa shape index (κ3) is 3.81. The van der Waals surface area contributed by atoms with E-state index in [1.165, 1.54) is 12.3 Å². The highest BCUT2D eigenvalue weighted by Crippen LogP contribution is 2.36.